The number of H-pyrrole nitrogens is 1. The number of carbonyl (C=O) groups is 2. The Labute approximate surface area is 172 Å². The lowest BCUT2D eigenvalue weighted by Gasteiger charge is -2.26. The number of ether oxygens (including phenoxy) is 3. The zero-order valence-corrected chi connectivity index (χ0v) is 18.9. The molecule has 1 N–H and O–H groups in total. The Morgan fingerprint density at radius 3 is 2.31 bits per heavy atom. The Bertz CT molecular complexity index is 868. The number of aliphatic imine (C=N–C) groups is 1. The van der Waals surface area contributed by atoms with E-state index in [-0.39, 0.29) is 18.3 Å². The Kier molecular flexibility index (Phi) is 6.30. The van der Waals surface area contributed by atoms with Crippen LogP contribution in [0.4, 0.5) is 0 Å². The summed E-state index contributed by atoms with van der Waals surface area (Å²) in [5, 5.41) is 0. The van der Waals surface area contributed by atoms with E-state index in [0.29, 0.717) is 17.3 Å². The van der Waals surface area contributed by atoms with E-state index in [2.05, 4.69) is 9.98 Å². The van der Waals surface area contributed by atoms with Gasteiger partial charge >= 0.3 is 11.9 Å². The van der Waals surface area contributed by atoms with Crippen molar-refractivity contribution in [3.05, 3.63) is 28.2 Å². The third-order valence-electron chi connectivity index (χ3n) is 5.30. The van der Waals surface area contributed by atoms with Crippen LogP contribution in [0.15, 0.2) is 10.7 Å². The van der Waals surface area contributed by atoms with E-state index in [1.807, 2.05) is 54.5 Å². The molecular formula is C22H32N2O5. The third-order valence-corrected chi connectivity index (χ3v) is 5.30. The van der Waals surface area contributed by atoms with E-state index in [1.54, 1.807) is 7.11 Å². The van der Waals surface area contributed by atoms with Crippen molar-refractivity contribution in [1.82, 2.24) is 4.98 Å². The van der Waals surface area contributed by atoms with E-state index < -0.39 is 17.0 Å². The maximum absolute atomic E-state index is 12.6. The second-order valence-corrected chi connectivity index (χ2v) is 8.91. The lowest BCUT2D eigenvalue weighted by Crippen LogP contribution is -2.31. The van der Waals surface area contributed by atoms with Gasteiger partial charge in [-0.05, 0) is 51.8 Å². The van der Waals surface area contributed by atoms with Crippen LogP contribution in [0.2, 0.25) is 0 Å². The fraction of sp³-hybridized carbons (Fsp3) is 0.591. The average molecular weight is 405 g/mol. The highest BCUT2D eigenvalue weighted by Crippen LogP contribution is 2.44. The number of esters is 2. The van der Waals surface area contributed by atoms with Crippen molar-refractivity contribution in [2.24, 2.45) is 16.3 Å². The maximum atomic E-state index is 12.6. The molecule has 0 saturated heterocycles. The van der Waals surface area contributed by atoms with Gasteiger partial charge in [0.15, 0.2) is 5.90 Å². The van der Waals surface area contributed by atoms with Crippen LogP contribution < -0.4 is 0 Å². The quantitative estimate of drug-likeness (QED) is 0.760. The number of allylic oxidation sites excluding steroid dienone is 1. The molecular weight excluding hydrogens is 372 g/mol. The molecule has 0 fully saturated rings. The topological polar surface area (TPSA) is 90.0 Å². The predicted octanol–water partition coefficient (Wildman–Crippen LogP) is 4.19. The zero-order valence-electron chi connectivity index (χ0n) is 18.9. The van der Waals surface area contributed by atoms with Gasteiger partial charge in [-0.25, -0.2) is 9.79 Å². The van der Waals surface area contributed by atoms with E-state index in [0.717, 1.165) is 16.8 Å². The first-order chi connectivity index (χ1) is 13.3. The zero-order chi connectivity index (χ0) is 22.1. The van der Waals surface area contributed by atoms with Crippen LogP contribution in [0, 0.1) is 25.2 Å². The first-order valence-corrected chi connectivity index (χ1v) is 9.65. The number of aromatic nitrogens is 1. The molecule has 0 aromatic carbocycles. The number of nitrogens with zero attached hydrogens (tertiary/aromatic N) is 1. The van der Waals surface area contributed by atoms with Gasteiger partial charge in [0.1, 0.15) is 11.3 Å². The highest BCUT2D eigenvalue weighted by atomic mass is 16.6. The van der Waals surface area contributed by atoms with Crippen molar-refractivity contribution in [2.75, 3.05) is 14.2 Å². The van der Waals surface area contributed by atoms with Crippen LogP contribution in [-0.2, 0) is 19.0 Å². The summed E-state index contributed by atoms with van der Waals surface area (Å²) < 4.78 is 15.8. The minimum absolute atomic E-state index is 0.184. The van der Waals surface area contributed by atoms with Crippen LogP contribution in [-0.4, -0.2) is 42.6 Å². The number of methoxy groups -OCH3 is 2. The summed E-state index contributed by atoms with van der Waals surface area (Å²) in [5.74, 6) is -0.360. The molecule has 2 heterocycles. The van der Waals surface area contributed by atoms with Crippen molar-refractivity contribution in [1.29, 1.82) is 0 Å². The Hall–Kier alpha value is -2.57. The van der Waals surface area contributed by atoms with Gasteiger partial charge in [0, 0.05) is 17.0 Å². The smallest absolute Gasteiger partial charge is 0.355 e. The first-order valence-electron chi connectivity index (χ1n) is 9.65. The number of carbonyl (C=O) groups excluding carboxylic acids is 2. The molecule has 0 spiro atoms. The van der Waals surface area contributed by atoms with Gasteiger partial charge in [0.25, 0.3) is 0 Å². The summed E-state index contributed by atoms with van der Waals surface area (Å²) in [6.45, 7) is 13.3. The molecule has 0 aliphatic carbocycles. The standard InChI is InChI=1S/C22H32N2O5/c1-12-13(2)18(19(26)29-21(3,4)5)23-15(12)11-16-14(10-17(25)27-8)22(6,7)20(24-16)28-9/h11,14,23H,10H2,1-9H3/b16-11+. The van der Waals surface area contributed by atoms with Crippen LogP contribution >= 0.6 is 0 Å². The number of rotatable bonds is 4. The molecule has 1 atom stereocenters. The second kappa shape index (κ2) is 8.05. The largest absolute Gasteiger partial charge is 0.484 e. The van der Waals surface area contributed by atoms with Gasteiger partial charge < -0.3 is 19.2 Å². The van der Waals surface area contributed by atoms with Gasteiger partial charge in [0.2, 0.25) is 0 Å². The first kappa shape index (κ1) is 22.7. The third kappa shape index (κ3) is 4.71. The van der Waals surface area contributed by atoms with Crippen molar-refractivity contribution < 1.29 is 23.8 Å². The fourth-order valence-electron chi connectivity index (χ4n) is 3.45. The predicted molar refractivity (Wildman–Crippen MR) is 112 cm³/mol. The number of aromatic amines is 1. The lowest BCUT2D eigenvalue weighted by atomic mass is 9.77. The Morgan fingerprint density at radius 2 is 1.79 bits per heavy atom. The van der Waals surface area contributed by atoms with E-state index >= 15 is 0 Å². The molecule has 160 valence electrons. The minimum atomic E-state index is -0.583. The molecule has 0 amide bonds. The van der Waals surface area contributed by atoms with E-state index in [1.165, 1.54) is 7.11 Å². The molecule has 0 saturated carbocycles. The molecule has 1 aliphatic rings. The molecule has 1 aliphatic heterocycles. The minimum Gasteiger partial charge on any atom is -0.484 e. The molecule has 1 unspecified atom stereocenters. The summed E-state index contributed by atoms with van der Waals surface area (Å²) in [6, 6.07) is 0. The van der Waals surface area contributed by atoms with Gasteiger partial charge in [0.05, 0.1) is 26.3 Å². The molecule has 29 heavy (non-hydrogen) atoms. The molecule has 2 rings (SSSR count). The number of hydrogen-bond donors (Lipinski definition) is 1. The number of nitrogens with one attached hydrogen (secondary N) is 1. The molecule has 1 aromatic rings. The molecule has 1 aromatic heterocycles. The van der Waals surface area contributed by atoms with Gasteiger partial charge in [-0.3, -0.25) is 4.79 Å². The van der Waals surface area contributed by atoms with Crippen LogP contribution in [0.1, 0.15) is 68.3 Å². The van der Waals surface area contributed by atoms with Crippen LogP contribution in [0.3, 0.4) is 0 Å². The summed E-state index contributed by atoms with van der Waals surface area (Å²) in [6.07, 6.45) is 2.06. The van der Waals surface area contributed by atoms with E-state index in [9.17, 15) is 9.59 Å². The fourth-order valence-corrected chi connectivity index (χ4v) is 3.45. The number of hydrogen-bond acceptors (Lipinski definition) is 6. The average Bonchev–Trinajstić information content (AvgIpc) is 3.02. The van der Waals surface area contributed by atoms with Crippen molar-refractivity contribution in [2.45, 2.75) is 60.5 Å². The van der Waals surface area contributed by atoms with Crippen molar-refractivity contribution in [3.63, 3.8) is 0 Å². The lowest BCUT2D eigenvalue weighted by molar-refractivity contribution is -0.141. The Morgan fingerprint density at radius 1 is 1.17 bits per heavy atom. The molecule has 7 nitrogen and oxygen atoms in total. The van der Waals surface area contributed by atoms with Crippen molar-refractivity contribution >= 4 is 23.9 Å². The summed E-state index contributed by atoms with van der Waals surface area (Å²) in [5.41, 5.74) is 2.58. The van der Waals surface area contributed by atoms with Crippen molar-refractivity contribution in [3.8, 4) is 0 Å². The normalized spacial score (nSPS) is 19.8. The maximum Gasteiger partial charge on any atom is 0.355 e. The SMILES string of the molecule is COC(=O)CC1/C(=C\c2[nH]c(C(=O)OC(C)(C)C)c(C)c2C)N=C(OC)C1(C)C. The van der Waals surface area contributed by atoms with E-state index in [4.69, 9.17) is 14.2 Å². The monoisotopic (exact) mass is 404 g/mol. The Balaban J connectivity index is 2.48. The molecule has 0 radical (unpaired) electrons. The van der Waals surface area contributed by atoms with Crippen LogP contribution in [0.5, 0.6) is 0 Å². The molecule has 0 bridgehead atoms. The highest BCUT2D eigenvalue weighted by molar-refractivity contribution is 5.91. The second-order valence-electron chi connectivity index (χ2n) is 8.91. The van der Waals surface area contributed by atoms with Crippen LogP contribution in [0.25, 0.3) is 6.08 Å². The van der Waals surface area contributed by atoms with Gasteiger partial charge in [-0.2, -0.15) is 0 Å². The molecule has 7 heteroatoms. The highest BCUT2D eigenvalue weighted by Gasteiger charge is 2.45. The van der Waals surface area contributed by atoms with Gasteiger partial charge in [-0.1, -0.05) is 13.8 Å². The summed E-state index contributed by atoms with van der Waals surface area (Å²) in [4.78, 5) is 32.3. The summed E-state index contributed by atoms with van der Waals surface area (Å²) in [7, 11) is 2.95. The summed E-state index contributed by atoms with van der Waals surface area (Å²) >= 11 is 0. The van der Waals surface area contributed by atoms with Gasteiger partial charge in [-0.15, -0.1) is 0 Å².